The molecule has 0 radical (unpaired) electrons. The van der Waals surface area contributed by atoms with Crippen LogP contribution >= 0.6 is 0 Å². The zero-order valence-corrected chi connectivity index (χ0v) is 11.6. The molecule has 6 heteroatoms. The molecule has 1 aromatic rings. The number of aryl methyl sites for hydroxylation is 1. The monoisotopic (exact) mass is 266 g/mol. The first kappa shape index (κ1) is 14.0. The zero-order valence-electron chi connectivity index (χ0n) is 11.6. The lowest BCUT2D eigenvalue weighted by Gasteiger charge is -2.32. The molecular formula is C13H22N4O2. The fourth-order valence-corrected chi connectivity index (χ4v) is 2.18. The van der Waals surface area contributed by atoms with Crippen molar-refractivity contribution < 1.29 is 4.74 Å². The van der Waals surface area contributed by atoms with Gasteiger partial charge in [0.1, 0.15) is 11.6 Å². The van der Waals surface area contributed by atoms with Crippen molar-refractivity contribution in [3.63, 3.8) is 0 Å². The van der Waals surface area contributed by atoms with Crippen molar-refractivity contribution in [1.82, 2.24) is 14.9 Å². The number of nitrogens with zero attached hydrogens (tertiary/aromatic N) is 2. The van der Waals surface area contributed by atoms with E-state index in [1.54, 1.807) is 0 Å². The SMILES string of the molecule is CCc1nc(NCC2CN(CC)CCO2)cc(=O)[nH]1. The molecule has 19 heavy (non-hydrogen) atoms. The normalized spacial score (nSPS) is 20.4. The summed E-state index contributed by atoms with van der Waals surface area (Å²) in [5.74, 6) is 1.33. The molecule has 2 heterocycles. The molecule has 106 valence electrons. The third kappa shape index (κ3) is 4.04. The Hall–Kier alpha value is -1.40. The molecule has 1 unspecified atom stereocenters. The van der Waals surface area contributed by atoms with E-state index in [-0.39, 0.29) is 11.7 Å². The van der Waals surface area contributed by atoms with E-state index in [4.69, 9.17) is 4.74 Å². The second-order valence-electron chi connectivity index (χ2n) is 4.70. The minimum absolute atomic E-state index is 0.117. The summed E-state index contributed by atoms with van der Waals surface area (Å²) in [6.45, 7) is 8.53. The van der Waals surface area contributed by atoms with Crippen molar-refractivity contribution in [3.8, 4) is 0 Å². The van der Waals surface area contributed by atoms with Crippen molar-refractivity contribution in [1.29, 1.82) is 0 Å². The van der Waals surface area contributed by atoms with Gasteiger partial charge in [0.05, 0.1) is 12.7 Å². The Balaban J connectivity index is 1.91. The number of anilines is 1. The maximum Gasteiger partial charge on any atom is 0.252 e. The summed E-state index contributed by atoms with van der Waals surface area (Å²) in [6.07, 6.45) is 0.869. The van der Waals surface area contributed by atoms with Crippen LogP contribution in [0.5, 0.6) is 0 Å². The number of morpholine rings is 1. The Bertz CT molecular complexity index is 460. The highest BCUT2D eigenvalue weighted by molar-refractivity contribution is 5.33. The van der Waals surface area contributed by atoms with Crippen molar-refractivity contribution in [2.24, 2.45) is 0 Å². The summed E-state index contributed by atoms with van der Waals surface area (Å²) in [5, 5.41) is 3.19. The number of hydrogen-bond donors (Lipinski definition) is 2. The van der Waals surface area contributed by atoms with Gasteiger partial charge >= 0.3 is 0 Å². The lowest BCUT2D eigenvalue weighted by atomic mass is 10.2. The number of hydrogen-bond acceptors (Lipinski definition) is 5. The lowest BCUT2D eigenvalue weighted by Crippen LogP contribution is -2.45. The standard InChI is InChI=1S/C13H22N4O2/c1-3-11-15-12(7-13(18)16-11)14-8-10-9-17(4-2)5-6-19-10/h7,10H,3-6,8-9H2,1-2H3,(H2,14,15,16,18). The molecule has 2 rings (SSSR count). The summed E-state index contributed by atoms with van der Waals surface area (Å²) in [4.78, 5) is 20.8. The van der Waals surface area contributed by atoms with Crippen LogP contribution in [0.15, 0.2) is 10.9 Å². The molecule has 0 aromatic carbocycles. The predicted octanol–water partition coefficient (Wildman–Crippen LogP) is 0.465. The van der Waals surface area contributed by atoms with E-state index in [9.17, 15) is 4.79 Å². The summed E-state index contributed by atoms with van der Waals surface area (Å²) < 4.78 is 5.70. The maximum absolute atomic E-state index is 11.4. The van der Waals surface area contributed by atoms with Crippen molar-refractivity contribution in [3.05, 3.63) is 22.2 Å². The molecule has 0 aliphatic carbocycles. The second kappa shape index (κ2) is 6.68. The highest BCUT2D eigenvalue weighted by Crippen LogP contribution is 2.06. The van der Waals surface area contributed by atoms with Crippen LogP contribution in [0.2, 0.25) is 0 Å². The molecule has 1 atom stereocenters. The van der Waals surface area contributed by atoms with E-state index >= 15 is 0 Å². The number of H-pyrrole nitrogens is 1. The minimum atomic E-state index is -0.117. The summed E-state index contributed by atoms with van der Waals surface area (Å²) in [7, 11) is 0. The molecule has 1 fully saturated rings. The fourth-order valence-electron chi connectivity index (χ4n) is 2.18. The second-order valence-corrected chi connectivity index (χ2v) is 4.70. The van der Waals surface area contributed by atoms with Crippen LogP contribution in [-0.2, 0) is 11.2 Å². The van der Waals surface area contributed by atoms with Crippen LogP contribution in [0.1, 0.15) is 19.7 Å². The summed E-state index contributed by atoms with van der Waals surface area (Å²) >= 11 is 0. The van der Waals surface area contributed by atoms with Crippen LogP contribution in [-0.4, -0.2) is 53.8 Å². The number of ether oxygens (including phenoxy) is 1. The number of nitrogens with one attached hydrogen (secondary N) is 2. The van der Waals surface area contributed by atoms with Gasteiger partial charge in [-0.05, 0) is 6.54 Å². The third-order valence-electron chi connectivity index (χ3n) is 3.31. The van der Waals surface area contributed by atoms with Crippen molar-refractivity contribution in [2.45, 2.75) is 26.4 Å². The van der Waals surface area contributed by atoms with Gasteiger partial charge in [0.25, 0.3) is 5.56 Å². The Morgan fingerprint density at radius 2 is 2.42 bits per heavy atom. The molecule has 1 aliphatic rings. The van der Waals surface area contributed by atoms with E-state index in [0.717, 1.165) is 26.2 Å². The third-order valence-corrected chi connectivity index (χ3v) is 3.31. The number of likely N-dealkylation sites (N-methyl/N-ethyl adjacent to an activating group) is 1. The highest BCUT2D eigenvalue weighted by Gasteiger charge is 2.19. The van der Waals surface area contributed by atoms with Gasteiger partial charge in [0.2, 0.25) is 0 Å². The Kier molecular flexibility index (Phi) is 4.93. The van der Waals surface area contributed by atoms with Gasteiger partial charge in [-0.2, -0.15) is 0 Å². The number of aromatic amines is 1. The van der Waals surface area contributed by atoms with Crippen LogP contribution in [0.4, 0.5) is 5.82 Å². The van der Waals surface area contributed by atoms with E-state index in [0.29, 0.717) is 24.6 Å². The molecule has 0 spiro atoms. The summed E-state index contributed by atoms with van der Waals surface area (Å²) in [5.41, 5.74) is -0.117. The predicted molar refractivity (Wildman–Crippen MR) is 74.6 cm³/mol. The average Bonchev–Trinajstić information content (AvgIpc) is 2.44. The van der Waals surface area contributed by atoms with Gasteiger partial charge in [-0.25, -0.2) is 4.98 Å². The largest absolute Gasteiger partial charge is 0.374 e. The number of aromatic nitrogens is 2. The molecular weight excluding hydrogens is 244 g/mol. The van der Waals surface area contributed by atoms with Gasteiger partial charge in [-0.1, -0.05) is 13.8 Å². The van der Waals surface area contributed by atoms with Gasteiger partial charge in [-0.15, -0.1) is 0 Å². The van der Waals surface area contributed by atoms with E-state index in [1.165, 1.54) is 6.07 Å². The molecule has 0 amide bonds. The molecule has 2 N–H and O–H groups in total. The van der Waals surface area contributed by atoms with Crippen LogP contribution in [0.3, 0.4) is 0 Å². The first-order valence-electron chi connectivity index (χ1n) is 6.89. The minimum Gasteiger partial charge on any atom is -0.374 e. The zero-order chi connectivity index (χ0) is 13.7. The molecule has 1 saturated heterocycles. The van der Waals surface area contributed by atoms with E-state index in [2.05, 4.69) is 27.1 Å². The summed E-state index contributed by atoms with van der Waals surface area (Å²) in [6, 6.07) is 1.49. The van der Waals surface area contributed by atoms with Gasteiger partial charge in [0.15, 0.2) is 0 Å². The van der Waals surface area contributed by atoms with Gasteiger partial charge in [-0.3, -0.25) is 9.69 Å². The molecule has 0 saturated carbocycles. The Morgan fingerprint density at radius 3 is 3.16 bits per heavy atom. The van der Waals surface area contributed by atoms with Gasteiger partial charge in [0, 0.05) is 32.1 Å². The highest BCUT2D eigenvalue weighted by atomic mass is 16.5. The average molecular weight is 266 g/mol. The van der Waals surface area contributed by atoms with Crippen molar-refractivity contribution >= 4 is 5.82 Å². The van der Waals surface area contributed by atoms with Crippen LogP contribution < -0.4 is 10.9 Å². The quantitative estimate of drug-likeness (QED) is 0.810. The Morgan fingerprint density at radius 1 is 1.58 bits per heavy atom. The first-order chi connectivity index (χ1) is 9.21. The molecule has 1 aromatic heterocycles. The van der Waals surface area contributed by atoms with Crippen LogP contribution in [0, 0.1) is 0 Å². The van der Waals surface area contributed by atoms with Crippen LogP contribution in [0.25, 0.3) is 0 Å². The number of rotatable bonds is 5. The lowest BCUT2D eigenvalue weighted by molar-refractivity contribution is -0.0192. The van der Waals surface area contributed by atoms with Crippen molar-refractivity contribution in [2.75, 3.05) is 38.1 Å². The Labute approximate surface area is 113 Å². The molecule has 1 aliphatic heterocycles. The fraction of sp³-hybridized carbons (Fsp3) is 0.692. The van der Waals surface area contributed by atoms with E-state index < -0.39 is 0 Å². The maximum atomic E-state index is 11.4. The molecule has 6 nitrogen and oxygen atoms in total. The molecule has 0 bridgehead atoms. The first-order valence-corrected chi connectivity index (χ1v) is 6.89. The van der Waals surface area contributed by atoms with E-state index in [1.807, 2.05) is 6.92 Å². The topological polar surface area (TPSA) is 70.2 Å². The van der Waals surface area contributed by atoms with Gasteiger partial charge < -0.3 is 15.0 Å². The smallest absolute Gasteiger partial charge is 0.252 e.